The highest BCUT2D eigenvalue weighted by Crippen LogP contribution is 2.38. The van der Waals surface area contributed by atoms with Crippen LogP contribution in [0.4, 0.5) is 0 Å². The molecular formula is C20H23Cl2N. The van der Waals surface area contributed by atoms with Crippen molar-refractivity contribution in [2.45, 2.75) is 32.2 Å². The highest BCUT2D eigenvalue weighted by atomic mass is 35.5. The maximum atomic E-state index is 6.24. The first kappa shape index (κ1) is 16.8. The van der Waals surface area contributed by atoms with Crippen molar-refractivity contribution in [2.75, 3.05) is 13.1 Å². The molecule has 3 rings (SSSR count). The van der Waals surface area contributed by atoms with Crippen LogP contribution in [0.1, 0.15) is 36.8 Å². The number of likely N-dealkylation sites (tertiary alicyclic amines) is 1. The van der Waals surface area contributed by atoms with Gasteiger partial charge in [0.2, 0.25) is 0 Å². The lowest BCUT2D eigenvalue weighted by atomic mass is 9.86. The van der Waals surface area contributed by atoms with Gasteiger partial charge in [-0.05, 0) is 35.6 Å². The Labute approximate surface area is 149 Å². The van der Waals surface area contributed by atoms with Crippen molar-refractivity contribution >= 4 is 23.2 Å². The Morgan fingerprint density at radius 2 is 1.78 bits per heavy atom. The van der Waals surface area contributed by atoms with Gasteiger partial charge >= 0.3 is 0 Å². The zero-order valence-corrected chi connectivity index (χ0v) is 15.0. The van der Waals surface area contributed by atoms with Gasteiger partial charge in [0.1, 0.15) is 0 Å². The summed E-state index contributed by atoms with van der Waals surface area (Å²) in [5.41, 5.74) is 2.71. The van der Waals surface area contributed by atoms with Crippen molar-refractivity contribution in [3.05, 3.63) is 69.7 Å². The van der Waals surface area contributed by atoms with Gasteiger partial charge in [-0.25, -0.2) is 0 Å². The Hall–Kier alpha value is -1.02. The molecule has 0 aliphatic carbocycles. The van der Waals surface area contributed by atoms with Crippen LogP contribution in [0.5, 0.6) is 0 Å². The molecule has 2 aromatic carbocycles. The van der Waals surface area contributed by atoms with E-state index in [0.717, 1.165) is 19.6 Å². The predicted octanol–water partition coefficient (Wildman–Crippen LogP) is 6.01. The van der Waals surface area contributed by atoms with Crippen LogP contribution in [-0.2, 0) is 6.54 Å². The SMILES string of the molecule is CCCC1CN(Cc2ccccc2)CC1c1ccc(Cl)c(Cl)c1. The second-order valence-electron chi connectivity index (χ2n) is 6.51. The molecule has 1 nitrogen and oxygen atoms in total. The lowest BCUT2D eigenvalue weighted by Crippen LogP contribution is -2.20. The summed E-state index contributed by atoms with van der Waals surface area (Å²) in [5.74, 6) is 1.24. The van der Waals surface area contributed by atoms with E-state index in [0.29, 0.717) is 21.9 Å². The average Bonchev–Trinajstić information content (AvgIpc) is 2.94. The van der Waals surface area contributed by atoms with Gasteiger partial charge in [0, 0.05) is 25.6 Å². The number of benzene rings is 2. The van der Waals surface area contributed by atoms with E-state index in [-0.39, 0.29) is 0 Å². The molecule has 1 heterocycles. The first-order chi connectivity index (χ1) is 11.2. The van der Waals surface area contributed by atoms with Gasteiger partial charge in [-0.1, -0.05) is 72.9 Å². The minimum atomic E-state index is 0.549. The molecule has 3 heteroatoms. The van der Waals surface area contributed by atoms with Crippen LogP contribution in [0.15, 0.2) is 48.5 Å². The third-order valence-corrected chi connectivity index (χ3v) is 5.54. The summed E-state index contributed by atoms with van der Waals surface area (Å²) in [4.78, 5) is 2.57. The second-order valence-corrected chi connectivity index (χ2v) is 7.32. The van der Waals surface area contributed by atoms with E-state index in [1.54, 1.807) is 0 Å². The molecule has 2 unspecified atom stereocenters. The van der Waals surface area contributed by atoms with Crippen LogP contribution in [0.3, 0.4) is 0 Å². The number of hydrogen-bond acceptors (Lipinski definition) is 1. The maximum absolute atomic E-state index is 6.24. The fraction of sp³-hybridized carbons (Fsp3) is 0.400. The van der Waals surface area contributed by atoms with Crippen LogP contribution in [-0.4, -0.2) is 18.0 Å². The number of rotatable bonds is 5. The van der Waals surface area contributed by atoms with Gasteiger partial charge < -0.3 is 0 Å². The van der Waals surface area contributed by atoms with Gasteiger partial charge in [-0.3, -0.25) is 4.90 Å². The standard InChI is InChI=1S/C20H23Cl2N/c1-2-6-17-13-23(12-15-7-4-3-5-8-15)14-18(17)16-9-10-19(21)20(22)11-16/h3-5,7-11,17-18H,2,6,12-14H2,1H3. The van der Waals surface area contributed by atoms with E-state index in [4.69, 9.17) is 23.2 Å². The quantitative estimate of drug-likeness (QED) is 0.640. The minimum absolute atomic E-state index is 0.549. The van der Waals surface area contributed by atoms with Gasteiger partial charge in [0.05, 0.1) is 10.0 Å². The summed E-state index contributed by atoms with van der Waals surface area (Å²) < 4.78 is 0. The normalized spacial score (nSPS) is 21.7. The summed E-state index contributed by atoms with van der Waals surface area (Å²) in [7, 11) is 0. The molecule has 2 aromatic rings. The Kier molecular flexibility index (Phi) is 5.63. The van der Waals surface area contributed by atoms with E-state index in [2.05, 4.69) is 54.3 Å². The Balaban J connectivity index is 1.76. The Morgan fingerprint density at radius 1 is 1.00 bits per heavy atom. The smallest absolute Gasteiger partial charge is 0.0595 e. The number of hydrogen-bond donors (Lipinski definition) is 0. The van der Waals surface area contributed by atoms with Gasteiger partial charge in [0.15, 0.2) is 0 Å². The highest BCUT2D eigenvalue weighted by molar-refractivity contribution is 6.42. The summed E-state index contributed by atoms with van der Waals surface area (Å²) in [6.45, 7) is 5.55. The van der Waals surface area contributed by atoms with Crippen LogP contribution < -0.4 is 0 Å². The monoisotopic (exact) mass is 347 g/mol. The molecule has 1 aliphatic rings. The Morgan fingerprint density at radius 3 is 2.48 bits per heavy atom. The molecule has 1 aliphatic heterocycles. The second kappa shape index (κ2) is 7.70. The minimum Gasteiger partial charge on any atom is -0.298 e. The molecule has 1 fully saturated rings. The number of nitrogens with zero attached hydrogens (tertiary/aromatic N) is 1. The third kappa shape index (κ3) is 4.09. The van der Waals surface area contributed by atoms with Crippen LogP contribution in [0, 0.1) is 5.92 Å². The fourth-order valence-electron chi connectivity index (χ4n) is 3.72. The molecule has 0 aromatic heterocycles. The molecule has 1 saturated heterocycles. The third-order valence-electron chi connectivity index (χ3n) is 4.80. The van der Waals surface area contributed by atoms with Crippen molar-refractivity contribution < 1.29 is 0 Å². The molecule has 122 valence electrons. The maximum Gasteiger partial charge on any atom is 0.0595 e. The zero-order chi connectivity index (χ0) is 16.2. The lowest BCUT2D eigenvalue weighted by Gasteiger charge is -2.18. The fourth-order valence-corrected chi connectivity index (χ4v) is 4.02. The van der Waals surface area contributed by atoms with Gasteiger partial charge in [-0.15, -0.1) is 0 Å². The van der Waals surface area contributed by atoms with Crippen molar-refractivity contribution in [1.82, 2.24) is 4.90 Å². The summed E-state index contributed by atoms with van der Waals surface area (Å²) >= 11 is 12.3. The first-order valence-electron chi connectivity index (χ1n) is 8.38. The van der Waals surface area contributed by atoms with Crippen LogP contribution >= 0.6 is 23.2 Å². The van der Waals surface area contributed by atoms with E-state index < -0.39 is 0 Å². The molecule has 0 saturated carbocycles. The highest BCUT2D eigenvalue weighted by Gasteiger charge is 2.33. The van der Waals surface area contributed by atoms with Crippen molar-refractivity contribution in [1.29, 1.82) is 0 Å². The summed E-state index contributed by atoms with van der Waals surface area (Å²) in [6, 6.07) is 16.9. The first-order valence-corrected chi connectivity index (χ1v) is 9.14. The topological polar surface area (TPSA) is 3.24 Å². The summed E-state index contributed by atoms with van der Waals surface area (Å²) in [5, 5.41) is 1.31. The number of halogens is 2. The molecule has 0 radical (unpaired) electrons. The molecule has 23 heavy (non-hydrogen) atoms. The van der Waals surface area contributed by atoms with E-state index in [1.165, 1.54) is 24.0 Å². The van der Waals surface area contributed by atoms with Crippen LogP contribution in [0.2, 0.25) is 10.0 Å². The Bertz CT molecular complexity index is 641. The van der Waals surface area contributed by atoms with Gasteiger partial charge in [0.25, 0.3) is 0 Å². The van der Waals surface area contributed by atoms with Crippen molar-refractivity contribution in [3.63, 3.8) is 0 Å². The van der Waals surface area contributed by atoms with E-state index in [1.807, 2.05) is 6.07 Å². The average molecular weight is 348 g/mol. The summed E-state index contributed by atoms with van der Waals surface area (Å²) in [6.07, 6.45) is 2.48. The zero-order valence-electron chi connectivity index (χ0n) is 13.5. The van der Waals surface area contributed by atoms with Crippen molar-refractivity contribution in [3.8, 4) is 0 Å². The molecule has 0 spiro atoms. The molecule has 0 N–H and O–H groups in total. The largest absolute Gasteiger partial charge is 0.298 e. The lowest BCUT2D eigenvalue weighted by molar-refractivity contribution is 0.312. The van der Waals surface area contributed by atoms with Crippen molar-refractivity contribution in [2.24, 2.45) is 5.92 Å². The molecule has 0 amide bonds. The van der Waals surface area contributed by atoms with E-state index in [9.17, 15) is 0 Å². The van der Waals surface area contributed by atoms with Crippen LogP contribution in [0.25, 0.3) is 0 Å². The predicted molar refractivity (Wildman–Crippen MR) is 99.3 cm³/mol. The molecule has 0 bridgehead atoms. The molecule has 2 atom stereocenters. The van der Waals surface area contributed by atoms with Gasteiger partial charge in [-0.2, -0.15) is 0 Å². The molecular weight excluding hydrogens is 325 g/mol. The van der Waals surface area contributed by atoms with E-state index >= 15 is 0 Å².